The molecule has 2 rings (SSSR count). The summed E-state index contributed by atoms with van der Waals surface area (Å²) in [5.74, 6) is 0. The van der Waals surface area contributed by atoms with Gasteiger partial charge in [-0.05, 0) is 70.7 Å². The molecule has 0 fully saturated rings. The van der Waals surface area contributed by atoms with Crippen LogP contribution in [0.1, 0.15) is 55.5 Å². The number of rotatable bonds is 6. The van der Waals surface area contributed by atoms with E-state index < -0.39 is 0 Å². The molecule has 0 N–H and O–H groups in total. The maximum absolute atomic E-state index is 4.32. The van der Waals surface area contributed by atoms with Crippen LogP contribution in [0.15, 0.2) is 86.0 Å². The van der Waals surface area contributed by atoms with Crippen molar-refractivity contribution in [2.45, 2.75) is 41.5 Å². The van der Waals surface area contributed by atoms with E-state index >= 15 is 0 Å². The lowest BCUT2D eigenvalue weighted by molar-refractivity contribution is 0.518. The lowest BCUT2D eigenvalue weighted by atomic mass is 9.80. The molecule has 0 heteroatoms. The van der Waals surface area contributed by atoms with Crippen LogP contribution in [-0.4, -0.2) is 0 Å². The second-order valence-electron chi connectivity index (χ2n) is 8.74. The summed E-state index contributed by atoms with van der Waals surface area (Å²) < 4.78 is 0. The van der Waals surface area contributed by atoms with E-state index in [2.05, 4.69) is 110 Å². The van der Waals surface area contributed by atoms with E-state index in [-0.39, 0.29) is 5.41 Å². The van der Waals surface area contributed by atoms with Crippen molar-refractivity contribution in [2.24, 2.45) is 5.41 Å². The number of allylic oxidation sites excluding steroid dienone is 7. The Morgan fingerprint density at radius 3 is 1.93 bits per heavy atom. The topological polar surface area (TPSA) is 0 Å². The molecule has 0 radical (unpaired) electrons. The molecule has 0 saturated heterocycles. The maximum Gasteiger partial charge on any atom is -0.0129 e. The Morgan fingerprint density at radius 1 is 0.862 bits per heavy atom. The molecule has 0 aliphatic carbocycles. The van der Waals surface area contributed by atoms with Gasteiger partial charge in [0.15, 0.2) is 0 Å². The van der Waals surface area contributed by atoms with Gasteiger partial charge in [-0.1, -0.05) is 107 Å². The van der Waals surface area contributed by atoms with Crippen LogP contribution in [-0.2, 0) is 0 Å². The zero-order valence-corrected chi connectivity index (χ0v) is 18.9. The first-order valence-corrected chi connectivity index (χ1v) is 10.1. The fraction of sp³-hybridized carbons (Fsp3) is 0.241. The summed E-state index contributed by atoms with van der Waals surface area (Å²) in [6, 6.07) is 15.0. The van der Waals surface area contributed by atoms with Crippen molar-refractivity contribution in [1.82, 2.24) is 0 Å². The summed E-state index contributed by atoms with van der Waals surface area (Å²) in [6.07, 6.45) is 6.02. The van der Waals surface area contributed by atoms with Gasteiger partial charge in [0, 0.05) is 0 Å². The molecule has 0 aliphatic rings. The van der Waals surface area contributed by atoms with Crippen LogP contribution < -0.4 is 0 Å². The normalized spacial score (nSPS) is 12.6. The highest BCUT2D eigenvalue weighted by atomic mass is 14.2. The second-order valence-corrected chi connectivity index (χ2v) is 8.74. The van der Waals surface area contributed by atoms with Gasteiger partial charge in [-0.25, -0.2) is 0 Å². The summed E-state index contributed by atoms with van der Waals surface area (Å²) in [5, 5.41) is 0. The summed E-state index contributed by atoms with van der Waals surface area (Å²) in [5.41, 5.74) is 10.6. The van der Waals surface area contributed by atoms with Gasteiger partial charge in [-0.3, -0.25) is 0 Å². The van der Waals surface area contributed by atoms with Crippen molar-refractivity contribution in [3.63, 3.8) is 0 Å². The molecule has 0 unspecified atom stereocenters. The van der Waals surface area contributed by atoms with E-state index in [0.29, 0.717) is 0 Å². The van der Waals surface area contributed by atoms with Crippen molar-refractivity contribution in [3.8, 4) is 0 Å². The highest BCUT2D eigenvalue weighted by Crippen LogP contribution is 2.36. The Labute approximate surface area is 177 Å². The van der Waals surface area contributed by atoms with Gasteiger partial charge < -0.3 is 0 Å². The first-order valence-electron chi connectivity index (χ1n) is 10.1. The molecular formula is C29H34. The van der Waals surface area contributed by atoms with Crippen LogP contribution in [0.25, 0.3) is 16.7 Å². The van der Waals surface area contributed by atoms with E-state index in [1.165, 1.54) is 27.8 Å². The second kappa shape index (κ2) is 9.09. The minimum Gasteiger partial charge on any atom is -0.0991 e. The van der Waals surface area contributed by atoms with Crippen molar-refractivity contribution in [1.29, 1.82) is 0 Å². The molecule has 0 aliphatic heterocycles. The molecule has 29 heavy (non-hydrogen) atoms. The summed E-state index contributed by atoms with van der Waals surface area (Å²) in [4.78, 5) is 0. The first kappa shape index (κ1) is 22.4. The smallest absolute Gasteiger partial charge is 0.0129 e. The van der Waals surface area contributed by atoms with E-state index in [0.717, 1.165) is 22.3 Å². The number of hydrogen-bond donors (Lipinski definition) is 0. The Morgan fingerprint density at radius 2 is 1.41 bits per heavy atom. The molecular weight excluding hydrogens is 348 g/mol. The van der Waals surface area contributed by atoms with Gasteiger partial charge in [0.1, 0.15) is 0 Å². The third-order valence-electron chi connectivity index (χ3n) is 5.35. The summed E-state index contributed by atoms with van der Waals surface area (Å²) in [6.45, 7) is 25.6. The molecule has 0 amide bonds. The minimum atomic E-state index is 0.0536. The van der Waals surface area contributed by atoms with E-state index in [1.807, 2.05) is 12.2 Å². The number of aryl methyl sites for hydroxylation is 2. The SMILES string of the molecule is C=C/C=C\C(=C(/C)c1ccc(C(=C)C(=C)c2ccc(C)cc2)cc1C)C(C)(C)C. The Hall–Kier alpha value is -2.86. The molecule has 0 bridgehead atoms. The molecule has 150 valence electrons. The molecule has 0 heterocycles. The van der Waals surface area contributed by atoms with Crippen LogP contribution >= 0.6 is 0 Å². The largest absolute Gasteiger partial charge is 0.0991 e. The molecule has 0 saturated carbocycles. The van der Waals surface area contributed by atoms with Crippen LogP contribution in [0.5, 0.6) is 0 Å². The molecule has 0 aromatic heterocycles. The van der Waals surface area contributed by atoms with Crippen molar-refractivity contribution < 1.29 is 0 Å². The summed E-state index contributed by atoms with van der Waals surface area (Å²) >= 11 is 0. The quantitative estimate of drug-likeness (QED) is 0.439. The Balaban J connectivity index is 2.43. The Bertz CT molecular complexity index is 983. The van der Waals surface area contributed by atoms with Crippen molar-refractivity contribution in [3.05, 3.63) is 114 Å². The maximum atomic E-state index is 4.32. The van der Waals surface area contributed by atoms with Gasteiger partial charge in [0.2, 0.25) is 0 Å². The first-order chi connectivity index (χ1) is 13.6. The highest BCUT2D eigenvalue weighted by Gasteiger charge is 2.19. The zero-order valence-electron chi connectivity index (χ0n) is 18.9. The fourth-order valence-corrected chi connectivity index (χ4v) is 3.62. The summed E-state index contributed by atoms with van der Waals surface area (Å²) in [7, 11) is 0. The third kappa shape index (κ3) is 5.35. The Kier molecular flexibility index (Phi) is 7.03. The number of benzene rings is 2. The minimum absolute atomic E-state index is 0.0536. The molecule has 0 atom stereocenters. The van der Waals surface area contributed by atoms with Gasteiger partial charge in [0.05, 0.1) is 0 Å². The fourth-order valence-electron chi connectivity index (χ4n) is 3.62. The lowest BCUT2D eigenvalue weighted by Crippen LogP contribution is -2.10. The highest BCUT2D eigenvalue weighted by molar-refractivity contribution is 6.03. The van der Waals surface area contributed by atoms with Crippen molar-refractivity contribution in [2.75, 3.05) is 0 Å². The van der Waals surface area contributed by atoms with Gasteiger partial charge in [-0.15, -0.1) is 0 Å². The number of hydrogen-bond acceptors (Lipinski definition) is 0. The van der Waals surface area contributed by atoms with Crippen LogP contribution in [0.2, 0.25) is 0 Å². The van der Waals surface area contributed by atoms with Crippen LogP contribution in [0, 0.1) is 19.3 Å². The van der Waals surface area contributed by atoms with E-state index in [1.54, 1.807) is 0 Å². The molecule has 0 spiro atoms. The lowest BCUT2D eigenvalue weighted by Gasteiger charge is -2.24. The van der Waals surface area contributed by atoms with Crippen molar-refractivity contribution >= 4 is 16.7 Å². The van der Waals surface area contributed by atoms with Gasteiger partial charge in [0.25, 0.3) is 0 Å². The van der Waals surface area contributed by atoms with E-state index in [9.17, 15) is 0 Å². The zero-order chi connectivity index (χ0) is 21.8. The van der Waals surface area contributed by atoms with Gasteiger partial charge in [-0.2, -0.15) is 0 Å². The van der Waals surface area contributed by atoms with Crippen LogP contribution in [0.4, 0.5) is 0 Å². The van der Waals surface area contributed by atoms with E-state index in [4.69, 9.17) is 0 Å². The average Bonchev–Trinajstić information content (AvgIpc) is 2.66. The monoisotopic (exact) mass is 382 g/mol. The predicted molar refractivity (Wildman–Crippen MR) is 132 cm³/mol. The molecule has 0 nitrogen and oxygen atoms in total. The predicted octanol–water partition coefficient (Wildman–Crippen LogP) is 8.59. The molecule has 2 aromatic rings. The average molecular weight is 383 g/mol. The van der Waals surface area contributed by atoms with Gasteiger partial charge >= 0.3 is 0 Å². The standard InChI is InChI=1S/C29H34/c1-10-11-12-28(29(7,8)9)24(6)27-18-17-26(19-21(27)3)23(5)22(4)25-15-13-20(2)14-16-25/h10-19H,1,4-5H2,2-3,6-9H3/b12-11-,28-24-. The molecule has 2 aromatic carbocycles. The van der Waals surface area contributed by atoms with Crippen LogP contribution in [0.3, 0.4) is 0 Å². The third-order valence-corrected chi connectivity index (χ3v) is 5.35.